The van der Waals surface area contributed by atoms with Gasteiger partial charge < -0.3 is 24.8 Å². The number of benzene rings is 1. The van der Waals surface area contributed by atoms with Gasteiger partial charge in [0.15, 0.2) is 17.5 Å². The molecule has 0 unspecified atom stereocenters. The van der Waals surface area contributed by atoms with Crippen LogP contribution >= 0.6 is 35.6 Å². The summed E-state index contributed by atoms with van der Waals surface area (Å²) in [6, 6.07) is 3.87. The number of hydrogen-bond donors (Lipinski definition) is 2. The molecule has 0 bridgehead atoms. The highest BCUT2D eigenvalue weighted by Gasteiger charge is 2.36. The van der Waals surface area contributed by atoms with Gasteiger partial charge >= 0.3 is 0 Å². The van der Waals surface area contributed by atoms with E-state index in [1.54, 1.807) is 14.2 Å². The second-order valence-corrected chi connectivity index (χ2v) is 7.38. The van der Waals surface area contributed by atoms with Crippen molar-refractivity contribution in [1.29, 1.82) is 0 Å². The normalized spacial score (nSPS) is 17.5. The van der Waals surface area contributed by atoms with Crippen LogP contribution in [0.25, 0.3) is 0 Å². The van der Waals surface area contributed by atoms with Crippen LogP contribution in [0.5, 0.6) is 11.5 Å². The number of methoxy groups -OCH3 is 1. The maximum absolute atomic E-state index is 6.30. The number of ether oxygens (including phenoxy) is 3. The first-order chi connectivity index (χ1) is 12.7. The third-order valence-corrected chi connectivity index (χ3v) is 5.50. The monoisotopic (exact) mass is 509 g/mol. The van der Waals surface area contributed by atoms with Gasteiger partial charge in [0.1, 0.15) is 13.2 Å². The fraction of sp³-hybridized carbons (Fsp3) is 0.632. The van der Waals surface area contributed by atoms with Crippen LogP contribution in [-0.2, 0) is 11.3 Å². The minimum absolute atomic E-state index is 0. The molecule has 2 aliphatic rings. The molecule has 3 rings (SSSR count). The molecule has 0 radical (unpaired) electrons. The second-order valence-electron chi connectivity index (χ2n) is 6.98. The molecule has 152 valence electrons. The van der Waals surface area contributed by atoms with E-state index in [1.165, 1.54) is 19.3 Å². The largest absolute Gasteiger partial charge is 0.486 e. The SMILES string of the molecule is CN=C(NCc1cc(Cl)c2c(c1)OCCO2)NCC1(CCOC)CCC1.I. The molecule has 0 atom stereocenters. The van der Waals surface area contributed by atoms with E-state index >= 15 is 0 Å². The van der Waals surface area contributed by atoms with Crippen molar-refractivity contribution in [2.75, 3.05) is 40.5 Å². The van der Waals surface area contributed by atoms with Gasteiger partial charge in [-0.3, -0.25) is 4.99 Å². The zero-order valence-electron chi connectivity index (χ0n) is 16.0. The fourth-order valence-electron chi connectivity index (χ4n) is 3.45. The third-order valence-electron chi connectivity index (χ3n) is 5.22. The molecule has 0 saturated heterocycles. The summed E-state index contributed by atoms with van der Waals surface area (Å²) in [5.41, 5.74) is 1.37. The number of halogens is 2. The summed E-state index contributed by atoms with van der Waals surface area (Å²) < 4.78 is 16.5. The highest BCUT2D eigenvalue weighted by Crippen LogP contribution is 2.43. The van der Waals surface area contributed by atoms with Crippen molar-refractivity contribution < 1.29 is 14.2 Å². The van der Waals surface area contributed by atoms with Crippen molar-refractivity contribution >= 4 is 41.5 Å². The summed E-state index contributed by atoms with van der Waals surface area (Å²) in [6.07, 6.45) is 4.88. The van der Waals surface area contributed by atoms with E-state index in [2.05, 4.69) is 15.6 Å². The van der Waals surface area contributed by atoms with Crippen LogP contribution in [0, 0.1) is 5.41 Å². The second kappa shape index (κ2) is 10.6. The van der Waals surface area contributed by atoms with Crippen molar-refractivity contribution in [2.24, 2.45) is 10.4 Å². The van der Waals surface area contributed by atoms with E-state index in [4.69, 9.17) is 25.8 Å². The van der Waals surface area contributed by atoms with Gasteiger partial charge in [0, 0.05) is 33.9 Å². The first-order valence-electron chi connectivity index (χ1n) is 9.17. The molecular weight excluding hydrogens is 481 g/mol. The van der Waals surface area contributed by atoms with Crippen LogP contribution in [-0.4, -0.2) is 46.5 Å². The topological polar surface area (TPSA) is 64.1 Å². The van der Waals surface area contributed by atoms with Gasteiger partial charge in [0.05, 0.1) is 5.02 Å². The summed E-state index contributed by atoms with van der Waals surface area (Å²) in [7, 11) is 3.55. The lowest BCUT2D eigenvalue weighted by atomic mass is 9.67. The Morgan fingerprint density at radius 3 is 2.70 bits per heavy atom. The Balaban J connectivity index is 0.00000261. The van der Waals surface area contributed by atoms with Crippen molar-refractivity contribution in [2.45, 2.75) is 32.2 Å². The number of nitrogens with zero attached hydrogens (tertiary/aromatic N) is 1. The van der Waals surface area contributed by atoms with Gasteiger partial charge in [-0.25, -0.2) is 0 Å². The predicted molar refractivity (Wildman–Crippen MR) is 119 cm³/mol. The Hall–Kier alpha value is -0.930. The number of aliphatic imine (C=N–C) groups is 1. The van der Waals surface area contributed by atoms with E-state index in [9.17, 15) is 0 Å². The Morgan fingerprint density at radius 1 is 1.26 bits per heavy atom. The van der Waals surface area contributed by atoms with Crippen LogP contribution in [0.2, 0.25) is 5.02 Å². The number of nitrogens with one attached hydrogen (secondary N) is 2. The highest BCUT2D eigenvalue weighted by atomic mass is 127. The Kier molecular flexibility index (Phi) is 8.75. The molecule has 1 fully saturated rings. The Morgan fingerprint density at radius 2 is 2.04 bits per heavy atom. The molecular formula is C19H29ClIN3O3. The summed E-state index contributed by atoms with van der Waals surface area (Å²) >= 11 is 6.30. The zero-order valence-corrected chi connectivity index (χ0v) is 19.1. The van der Waals surface area contributed by atoms with E-state index in [0.29, 0.717) is 41.7 Å². The molecule has 0 spiro atoms. The van der Waals surface area contributed by atoms with Gasteiger partial charge in [-0.05, 0) is 42.4 Å². The van der Waals surface area contributed by atoms with Crippen LogP contribution in [0.4, 0.5) is 0 Å². The molecule has 0 aromatic heterocycles. The summed E-state index contributed by atoms with van der Waals surface area (Å²) in [5.74, 6) is 2.13. The third kappa shape index (κ3) is 5.77. The van der Waals surface area contributed by atoms with Crippen molar-refractivity contribution in [3.05, 3.63) is 22.7 Å². The first-order valence-corrected chi connectivity index (χ1v) is 9.55. The molecule has 6 nitrogen and oxygen atoms in total. The van der Waals surface area contributed by atoms with Gasteiger partial charge in [0.2, 0.25) is 0 Å². The van der Waals surface area contributed by atoms with Gasteiger partial charge in [-0.15, -0.1) is 24.0 Å². The highest BCUT2D eigenvalue weighted by molar-refractivity contribution is 14.0. The summed E-state index contributed by atoms with van der Waals surface area (Å²) in [6.45, 7) is 3.42. The van der Waals surface area contributed by atoms with Gasteiger partial charge in [-0.1, -0.05) is 18.0 Å². The van der Waals surface area contributed by atoms with E-state index in [0.717, 1.165) is 31.1 Å². The average molecular weight is 510 g/mol. The number of hydrogen-bond acceptors (Lipinski definition) is 4. The molecule has 27 heavy (non-hydrogen) atoms. The molecule has 1 saturated carbocycles. The van der Waals surface area contributed by atoms with Crippen molar-refractivity contribution in [1.82, 2.24) is 10.6 Å². The number of fused-ring (bicyclic) bond motifs is 1. The Bertz CT molecular complexity index is 653. The van der Waals surface area contributed by atoms with Crippen LogP contribution in [0.1, 0.15) is 31.2 Å². The summed E-state index contributed by atoms with van der Waals surface area (Å²) in [5, 5.41) is 7.39. The lowest BCUT2D eigenvalue weighted by Gasteiger charge is -2.42. The quantitative estimate of drug-likeness (QED) is 0.334. The lowest BCUT2D eigenvalue weighted by Crippen LogP contribution is -2.46. The maximum atomic E-state index is 6.30. The first kappa shape index (κ1) is 22.4. The maximum Gasteiger partial charge on any atom is 0.191 e. The number of rotatable bonds is 7. The van der Waals surface area contributed by atoms with Gasteiger partial charge in [0.25, 0.3) is 0 Å². The van der Waals surface area contributed by atoms with E-state index in [-0.39, 0.29) is 24.0 Å². The molecule has 1 aliphatic carbocycles. The minimum atomic E-state index is 0. The van der Waals surface area contributed by atoms with Crippen LogP contribution in [0.15, 0.2) is 17.1 Å². The standard InChI is InChI=1S/C19H28ClN3O3.HI/c1-21-18(23-13-19(4-3-5-19)6-7-24-2)22-12-14-10-15(20)17-16(11-14)25-8-9-26-17;/h10-11H,3-9,12-13H2,1-2H3,(H2,21,22,23);1H. The Labute approximate surface area is 183 Å². The molecule has 2 N–H and O–H groups in total. The molecule has 8 heteroatoms. The van der Waals surface area contributed by atoms with E-state index < -0.39 is 0 Å². The predicted octanol–water partition coefficient (Wildman–Crippen LogP) is 3.60. The van der Waals surface area contributed by atoms with Crippen molar-refractivity contribution in [3.8, 4) is 11.5 Å². The number of guanidine groups is 1. The van der Waals surface area contributed by atoms with Crippen molar-refractivity contribution in [3.63, 3.8) is 0 Å². The molecule has 1 aliphatic heterocycles. The van der Waals surface area contributed by atoms with Crippen LogP contribution < -0.4 is 20.1 Å². The van der Waals surface area contributed by atoms with Gasteiger partial charge in [-0.2, -0.15) is 0 Å². The minimum Gasteiger partial charge on any atom is -0.486 e. The fourth-order valence-corrected chi connectivity index (χ4v) is 3.74. The van der Waals surface area contributed by atoms with E-state index in [1.807, 2.05) is 12.1 Å². The lowest BCUT2D eigenvalue weighted by molar-refractivity contribution is 0.0732. The molecule has 0 amide bonds. The summed E-state index contributed by atoms with van der Waals surface area (Å²) in [4.78, 5) is 4.33. The molecule has 1 aromatic rings. The molecule has 1 heterocycles. The molecule has 1 aromatic carbocycles. The van der Waals surface area contributed by atoms with Crippen LogP contribution in [0.3, 0.4) is 0 Å². The average Bonchev–Trinajstić information content (AvgIpc) is 2.63. The smallest absolute Gasteiger partial charge is 0.191 e. The zero-order chi connectivity index (χ0) is 18.4.